The Kier molecular flexibility index (Phi) is 7.53. The molecule has 5 nitrogen and oxygen atoms in total. The molecule has 0 unspecified atom stereocenters. The maximum atomic E-state index is 11.0. The Balaban J connectivity index is 1.31. The number of ether oxygens (including phenoxy) is 3. The number of benzene rings is 4. The summed E-state index contributed by atoms with van der Waals surface area (Å²) in [5.41, 5.74) is 5.95. The summed E-state index contributed by atoms with van der Waals surface area (Å²) in [6.07, 6.45) is 2.00. The molecule has 1 fully saturated rings. The SMILES string of the molecule is COc1ccc([C@@H]2C[C@@H](O)C[C@H]3c4cc(OCc5ccccc5)c(OCc5ccccc5)cc4CCN23)cc1. The van der Waals surface area contributed by atoms with Gasteiger partial charge in [-0.3, -0.25) is 4.90 Å². The molecular weight excluding hydrogens is 486 g/mol. The molecule has 2 aliphatic rings. The number of rotatable bonds is 8. The number of methoxy groups -OCH3 is 1. The van der Waals surface area contributed by atoms with Gasteiger partial charge >= 0.3 is 0 Å². The molecule has 1 saturated heterocycles. The van der Waals surface area contributed by atoms with Crippen molar-refractivity contribution >= 4 is 0 Å². The molecule has 0 aromatic heterocycles. The second-order valence-corrected chi connectivity index (χ2v) is 10.5. The van der Waals surface area contributed by atoms with Gasteiger partial charge in [0.1, 0.15) is 19.0 Å². The van der Waals surface area contributed by atoms with Crippen LogP contribution in [0.2, 0.25) is 0 Å². The van der Waals surface area contributed by atoms with Crippen LogP contribution in [0.3, 0.4) is 0 Å². The second-order valence-electron chi connectivity index (χ2n) is 10.5. The van der Waals surface area contributed by atoms with Gasteiger partial charge in [-0.25, -0.2) is 0 Å². The molecule has 5 heteroatoms. The summed E-state index contributed by atoms with van der Waals surface area (Å²) in [7, 11) is 1.69. The van der Waals surface area contributed by atoms with Crippen LogP contribution in [0.25, 0.3) is 0 Å². The molecule has 0 spiro atoms. The van der Waals surface area contributed by atoms with Crippen molar-refractivity contribution in [2.45, 2.75) is 50.7 Å². The summed E-state index contributed by atoms with van der Waals surface area (Å²) in [6, 6.07) is 33.3. The Morgan fingerprint density at radius 2 is 1.33 bits per heavy atom. The van der Waals surface area contributed by atoms with Gasteiger partial charge in [0.2, 0.25) is 0 Å². The summed E-state index contributed by atoms with van der Waals surface area (Å²) >= 11 is 0. The van der Waals surface area contributed by atoms with Crippen LogP contribution in [0.1, 0.15) is 52.7 Å². The predicted molar refractivity (Wildman–Crippen MR) is 152 cm³/mol. The van der Waals surface area contributed by atoms with Gasteiger partial charge in [0.05, 0.1) is 13.2 Å². The molecule has 0 bridgehead atoms. The van der Waals surface area contributed by atoms with E-state index in [9.17, 15) is 5.11 Å². The van der Waals surface area contributed by atoms with E-state index in [1.807, 2.05) is 48.5 Å². The van der Waals surface area contributed by atoms with Crippen LogP contribution in [-0.2, 0) is 19.6 Å². The summed E-state index contributed by atoms with van der Waals surface area (Å²) in [5, 5.41) is 11.0. The van der Waals surface area contributed by atoms with Gasteiger partial charge < -0.3 is 19.3 Å². The summed E-state index contributed by atoms with van der Waals surface area (Å²) < 4.78 is 18.1. The lowest BCUT2D eigenvalue weighted by molar-refractivity contribution is -0.00691. The lowest BCUT2D eigenvalue weighted by Gasteiger charge is -2.47. The first-order valence-electron chi connectivity index (χ1n) is 13.8. The molecule has 2 aliphatic heterocycles. The van der Waals surface area contributed by atoms with Crippen molar-refractivity contribution in [3.05, 3.63) is 125 Å². The summed E-state index contributed by atoms with van der Waals surface area (Å²) in [5.74, 6) is 2.36. The third-order valence-corrected chi connectivity index (χ3v) is 7.97. The minimum Gasteiger partial charge on any atom is -0.497 e. The fourth-order valence-electron chi connectivity index (χ4n) is 5.96. The van der Waals surface area contributed by atoms with Crippen LogP contribution < -0.4 is 14.2 Å². The highest BCUT2D eigenvalue weighted by atomic mass is 16.5. The van der Waals surface area contributed by atoms with Crippen molar-refractivity contribution < 1.29 is 19.3 Å². The maximum Gasteiger partial charge on any atom is 0.162 e. The third kappa shape index (κ3) is 5.65. The Bertz CT molecular complexity index is 1370. The number of nitrogens with zero attached hydrogens (tertiary/aromatic N) is 1. The topological polar surface area (TPSA) is 51.2 Å². The Morgan fingerprint density at radius 1 is 0.744 bits per heavy atom. The van der Waals surface area contributed by atoms with Crippen molar-refractivity contribution in [2.75, 3.05) is 13.7 Å². The molecule has 200 valence electrons. The first kappa shape index (κ1) is 25.5. The highest BCUT2D eigenvalue weighted by molar-refractivity contribution is 5.50. The van der Waals surface area contributed by atoms with Gasteiger partial charge in [-0.2, -0.15) is 0 Å². The second kappa shape index (κ2) is 11.5. The number of fused-ring (bicyclic) bond motifs is 3. The van der Waals surface area contributed by atoms with Crippen LogP contribution in [-0.4, -0.2) is 29.8 Å². The van der Waals surface area contributed by atoms with Crippen molar-refractivity contribution in [3.63, 3.8) is 0 Å². The maximum absolute atomic E-state index is 11.0. The van der Waals surface area contributed by atoms with E-state index < -0.39 is 0 Å². The van der Waals surface area contributed by atoms with E-state index in [4.69, 9.17) is 14.2 Å². The molecule has 4 aromatic rings. The van der Waals surface area contributed by atoms with Crippen molar-refractivity contribution in [1.82, 2.24) is 4.90 Å². The van der Waals surface area contributed by atoms with Gasteiger partial charge in [-0.15, -0.1) is 0 Å². The van der Waals surface area contributed by atoms with Gasteiger partial charge in [0, 0.05) is 18.6 Å². The van der Waals surface area contributed by atoms with Crippen LogP contribution in [0.15, 0.2) is 97.1 Å². The van der Waals surface area contributed by atoms with E-state index in [1.54, 1.807) is 7.11 Å². The zero-order valence-electron chi connectivity index (χ0n) is 22.3. The monoisotopic (exact) mass is 521 g/mol. The minimum absolute atomic E-state index is 0.117. The van der Waals surface area contributed by atoms with Crippen LogP contribution >= 0.6 is 0 Å². The molecular formula is C34H35NO4. The third-order valence-electron chi connectivity index (χ3n) is 7.97. The van der Waals surface area contributed by atoms with Crippen molar-refractivity contribution in [2.24, 2.45) is 0 Å². The van der Waals surface area contributed by atoms with Crippen LogP contribution in [0.4, 0.5) is 0 Å². The molecule has 2 heterocycles. The Labute approximate surface area is 230 Å². The lowest BCUT2D eigenvalue weighted by Crippen LogP contribution is -2.45. The molecule has 0 radical (unpaired) electrons. The minimum atomic E-state index is -0.369. The molecule has 39 heavy (non-hydrogen) atoms. The van der Waals surface area contributed by atoms with E-state index in [1.165, 1.54) is 16.7 Å². The molecule has 0 aliphatic carbocycles. The molecule has 0 saturated carbocycles. The molecule has 1 N–H and O–H groups in total. The van der Waals surface area contributed by atoms with Crippen molar-refractivity contribution in [1.29, 1.82) is 0 Å². The summed E-state index contributed by atoms with van der Waals surface area (Å²) in [6.45, 7) is 1.88. The molecule has 4 aromatic carbocycles. The smallest absolute Gasteiger partial charge is 0.162 e. The Hall–Kier alpha value is -3.80. The highest BCUT2D eigenvalue weighted by Gasteiger charge is 2.40. The number of hydrogen-bond acceptors (Lipinski definition) is 5. The van der Waals surface area contributed by atoms with Crippen molar-refractivity contribution in [3.8, 4) is 17.2 Å². The molecule has 3 atom stereocenters. The van der Waals surface area contributed by atoms with E-state index in [0.717, 1.165) is 47.8 Å². The fourth-order valence-corrected chi connectivity index (χ4v) is 5.96. The molecule has 6 rings (SSSR count). The average Bonchev–Trinajstić information content (AvgIpc) is 2.99. The van der Waals surface area contributed by atoms with Gasteiger partial charge in [0.25, 0.3) is 0 Å². The standard InChI is InChI=1S/C34H35NO4/c1-37-29-14-12-26(13-15-29)31-19-28(36)20-32-30-21-34(39-23-25-10-6-3-7-11-25)33(18-27(30)16-17-35(31)32)38-22-24-8-4-2-5-9-24/h2-15,18,21,28,31-32,36H,16-17,19-20,22-23H2,1H3/t28-,31+,32+/m1/s1. The number of hydrogen-bond donors (Lipinski definition) is 1. The number of aliphatic hydroxyl groups is 1. The van der Waals surface area contributed by atoms with Crippen LogP contribution in [0.5, 0.6) is 17.2 Å². The highest BCUT2D eigenvalue weighted by Crippen LogP contribution is 2.47. The lowest BCUT2D eigenvalue weighted by atomic mass is 9.81. The zero-order valence-corrected chi connectivity index (χ0v) is 22.3. The van der Waals surface area contributed by atoms with E-state index >= 15 is 0 Å². The average molecular weight is 522 g/mol. The van der Waals surface area contributed by atoms with Gasteiger partial charge in [-0.1, -0.05) is 72.8 Å². The predicted octanol–water partition coefficient (Wildman–Crippen LogP) is 6.65. The first-order chi connectivity index (χ1) is 19.2. The van der Waals surface area contributed by atoms with E-state index in [2.05, 4.69) is 53.4 Å². The largest absolute Gasteiger partial charge is 0.497 e. The van der Waals surface area contributed by atoms with Gasteiger partial charge in [-0.05, 0) is 71.3 Å². The number of piperidine rings is 1. The zero-order chi connectivity index (χ0) is 26.6. The quantitative estimate of drug-likeness (QED) is 0.281. The first-order valence-corrected chi connectivity index (χ1v) is 13.8. The Morgan fingerprint density at radius 3 is 1.95 bits per heavy atom. The molecule has 0 amide bonds. The van der Waals surface area contributed by atoms with Gasteiger partial charge in [0.15, 0.2) is 11.5 Å². The van der Waals surface area contributed by atoms with E-state index in [0.29, 0.717) is 19.6 Å². The fraction of sp³-hybridized carbons (Fsp3) is 0.294. The van der Waals surface area contributed by atoms with E-state index in [-0.39, 0.29) is 18.2 Å². The van der Waals surface area contributed by atoms with Crippen LogP contribution in [0, 0.1) is 0 Å². The normalized spacial score (nSPS) is 20.5. The summed E-state index contributed by atoms with van der Waals surface area (Å²) in [4.78, 5) is 2.56. The number of aliphatic hydroxyl groups excluding tert-OH is 1.